The van der Waals surface area contributed by atoms with Crippen LogP contribution in [0, 0.1) is 11.7 Å². The lowest BCUT2D eigenvalue weighted by Gasteiger charge is -2.15. The fourth-order valence-electron chi connectivity index (χ4n) is 3.80. The molecule has 0 aliphatic carbocycles. The number of ether oxygens (including phenoxy) is 2. The Morgan fingerprint density at radius 2 is 1.86 bits per heavy atom. The molecule has 2 unspecified atom stereocenters. The van der Waals surface area contributed by atoms with E-state index in [9.17, 15) is 18.8 Å². The predicted octanol–water partition coefficient (Wildman–Crippen LogP) is 3.03. The Morgan fingerprint density at radius 1 is 1.06 bits per heavy atom. The van der Waals surface area contributed by atoms with Crippen LogP contribution in [-0.4, -0.2) is 37.7 Å². The summed E-state index contributed by atoms with van der Waals surface area (Å²) in [6.45, 7) is 0.373. The van der Waals surface area contributed by atoms with E-state index in [0.717, 1.165) is 11.6 Å². The van der Waals surface area contributed by atoms with Gasteiger partial charge >= 0.3 is 5.97 Å². The van der Waals surface area contributed by atoms with Crippen LogP contribution in [0.5, 0.6) is 11.5 Å². The molecule has 8 nitrogen and oxygen atoms in total. The van der Waals surface area contributed by atoms with Gasteiger partial charge in [0.2, 0.25) is 5.91 Å². The molecule has 3 aromatic carbocycles. The molecule has 0 saturated carbocycles. The van der Waals surface area contributed by atoms with Gasteiger partial charge in [-0.15, -0.1) is 0 Å². The number of methoxy groups -OCH3 is 1. The molecule has 1 saturated heterocycles. The monoisotopic (exact) mass is 475 g/mol. The van der Waals surface area contributed by atoms with Crippen molar-refractivity contribution in [3.05, 3.63) is 95.3 Å². The molecule has 178 valence electrons. The van der Waals surface area contributed by atoms with Crippen molar-refractivity contribution in [2.45, 2.75) is 5.92 Å². The molecule has 2 N–H and O–H groups in total. The van der Waals surface area contributed by atoms with Crippen LogP contribution in [0.15, 0.2) is 77.9 Å². The van der Waals surface area contributed by atoms with Crippen LogP contribution in [-0.2, 0) is 9.59 Å². The first-order valence-corrected chi connectivity index (χ1v) is 10.8. The van der Waals surface area contributed by atoms with E-state index in [1.165, 1.54) is 37.6 Å². The molecular formula is C26H22FN3O5. The third-order valence-corrected chi connectivity index (χ3v) is 5.53. The normalized spacial score (nSPS) is 17.1. The number of nitrogens with zero attached hydrogens (tertiary/aromatic N) is 1. The molecule has 9 heteroatoms. The van der Waals surface area contributed by atoms with Crippen molar-refractivity contribution in [2.24, 2.45) is 11.0 Å². The number of benzene rings is 3. The Morgan fingerprint density at radius 3 is 2.60 bits per heavy atom. The predicted molar refractivity (Wildman–Crippen MR) is 126 cm³/mol. The summed E-state index contributed by atoms with van der Waals surface area (Å²) in [4.78, 5) is 37.2. The molecule has 2 amide bonds. The van der Waals surface area contributed by atoms with E-state index in [1.807, 2.05) is 30.3 Å². The van der Waals surface area contributed by atoms with Crippen LogP contribution in [0.3, 0.4) is 0 Å². The van der Waals surface area contributed by atoms with E-state index in [1.54, 1.807) is 12.1 Å². The zero-order valence-electron chi connectivity index (χ0n) is 18.7. The lowest BCUT2D eigenvalue weighted by Crippen LogP contribution is -2.34. The van der Waals surface area contributed by atoms with Crippen molar-refractivity contribution in [1.29, 1.82) is 0 Å². The molecule has 1 aliphatic heterocycles. The Balaban J connectivity index is 1.42. The standard InChI is InChI=1S/C26H22FN3O5/c1-34-22-12-16(10-11-21(22)35-26(33)18-8-5-9-19(27)13-18)14-29-30-25(32)23-20(15-28-24(23)31)17-6-3-2-4-7-17/h2-14,20,23H,15H2,1H3,(H,28,31)(H,30,32). The largest absolute Gasteiger partial charge is 0.493 e. The molecule has 3 aromatic rings. The van der Waals surface area contributed by atoms with Crippen molar-refractivity contribution >= 4 is 24.0 Å². The van der Waals surface area contributed by atoms with E-state index in [2.05, 4.69) is 15.8 Å². The summed E-state index contributed by atoms with van der Waals surface area (Å²) >= 11 is 0. The highest BCUT2D eigenvalue weighted by Crippen LogP contribution is 2.30. The average Bonchev–Trinajstić information content (AvgIpc) is 3.26. The van der Waals surface area contributed by atoms with E-state index >= 15 is 0 Å². The number of rotatable bonds is 7. The number of hydrazone groups is 1. The maximum absolute atomic E-state index is 13.4. The minimum atomic E-state index is -0.895. The molecule has 0 spiro atoms. The Hall–Kier alpha value is -4.53. The van der Waals surface area contributed by atoms with Crippen molar-refractivity contribution in [3.8, 4) is 11.5 Å². The number of halogens is 1. The first kappa shape index (κ1) is 23.6. The highest BCUT2D eigenvalue weighted by atomic mass is 19.1. The number of amides is 2. The molecule has 1 fully saturated rings. The van der Waals surface area contributed by atoms with Crippen molar-refractivity contribution in [3.63, 3.8) is 0 Å². The van der Waals surface area contributed by atoms with E-state index in [0.29, 0.717) is 12.1 Å². The van der Waals surface area contributed by atoms with E-state index < -0.39 is 23.6 Å². The van der Waals surface area contributed by atoms with Crippen LogP contribution < -0.4 is 20.2 Å². The van der Waals surface area contributed by atoms with Gasteiger partial charge in [-0.3, -0.25) is 9.59 Å². The number of carbonyl (C=O) groups excluding carboxylic acids is 3. The lowest BCUT2D eigenvalue weighted by molar-refractivity contribution is -0.133. The second kappa shape index (κ2) is 10.6. The Bertz CT molecular complexity index is 1280. The number of hydrogen-bond acceptors (Lipinski definition) is 6. The summed E-state index contributed by atoms with van der Waals surface area (Å²) in [5.41, 5.74) is 3.92. The molecule has 35 heavy (non-hydrogen) atoms. The fourth-order valence-corrected chi connectivity index (χ4v) is 3.80. The molecule has 0 aromatic heterocycles. The van der Waals surface area contributed by atoms with Crippen LogP contribution in [0.25, 0.3) is 0 Å². The lowest BCUT2D eigenvalue weighted by atomic mass is 9.88. The van der Waals surface area contributed by atoms with Crippen LogP contribution in [0.4, 0.5) is 4.39 Å². The Labute approximate surface area is 200 Å². The van der Waals surface area contributed by atoms with Crippen LogP contribution in [0.2, 0.25) is 0 Å². The van der Waals surface area contributed by atoms with Crippen molar-refractivity contribution < 1.29 is 28.2 Å². The maximum atomic E-state index is 13.4. The summed E-state index contributed by atoms with van der Waals surface area (Å²) in [7, 11) is 1.40. The van der Waals surface area contributed by atoms with Gasteiger partial charge in [0.1, 0.15) is 11.7 Å². The summed E-state index contributed by atoms with van der Waals surface area (Å²) in [6, 6.07) is 19.1. The second-order valence-electron chi connectivity index (χ2n) is 7.78. The molecule has 2 atom stereocenters. The Kier molecular flexibility index (Phi) is 7.15. The molecule has 1 heterocycles. The minimum absolute atomic E-state index is 0.0603. The number of esters is 1. The SMILES string of the molecule is COc1cc(C=NNC(=O)C2C(=O)NCC2c2ccccc2)ccc1OC(=O)c1cccc(F)c1. The van der Waals surface area contributed by atoms with Gasteiger partial charge in [0.15, 0.2) is 11.5 Å². The smallest absolute Gasteiger partial charge is 0.343 e. The quantitative estimate of drug-likeness (QED) is 0.180. The molecule has 0 radical (unpaired) electrons. The second-order valence-corrected chi connectivity index (χ2v) is 7.78. The molecule has 4 rings (SSSR count). The average molecular weight is 475 g/mol. The van der Waals surface area contributed by atoms with Gasteiger partial charge < -0.3 is 14.8 Å². The van der Waals surface area contributed by atoms with Gasteiger partial charge in [-0.05, 0) is 47.5 Å². The van der Waals surface area contributed by atoms with Gasteiger partial charge in [0.05, 0.1) is 18.9 Å². The minimum Gasteiger partial charge on any atom is -0.493 e. The highest BCUT2D eigenvalue weighted by molar-refractivity contribution is 6.03. The first-order valence-electron chi connectivity index (χ1n) is 10.8. The third kappa shape index (κ3) is 5.52. The van der Waals surface area contributed by atoms with Crippen LogP contribution >= 0.6 is 0 Å². The zero-order valence-corrected chi connectivity index (χ0v) is 18.7. The first-order chi connectivity index (χ1) is 17.0. The van der Waals surface area contributed by atoms with Crippen molar-refractivity contribution in [2.75, 3.05) is 13.7 Å². The van der Waals surface area contributed by atoms with Gasteiger partial charge in [-0.2, -0.15) is 5.10 Å². The third-order valence-electron chi connectivity index (χ3n) is 5.53. The highest BCUT2D eigenvalue weighted by Gasteiger charge is 2.40. The zero-order chi connectivity index (χ0) is 24.8. The summed E-state index contributed by atoms with van der Waals surface area (Å²) in [5.74, 6) is -2.96. The van der Waals surface area contributed by atoms with Gasteiger partial charge in [-0.25, -0.2) is 14.6 Å². The van der Waals surface area contributed by atoms with Gasteiger partial charge in [-0.1, -0.05) is 36.4 Å². The summed E-state index contributed by atoms with van der Waals surface area (Å²) in [6.07, 6.45) is 1.38. The van der Waals surface area contributed by atoms with Crippen LogP contribution in [0.1, 0.15) is 27.4 Å². The summed E-state index contributed by atoms with van der Waals surface area (Å²) < 4.78 is 24.0. The maximum Gasteiger partial charge on any atom is 0.343 e. The topological polar surface area (TPSA) is 106 Å². The van der Waals surface area contributed by atoms with Gasteiger partial charge in [0, 0.05) is 12.5 Å². The number of nitrogens with one attached hydrogen (secondary N) is 2. The molecule has 0 bridgehead atoms. The van der Waals surface area contributed by atoms with Crippen molar-refractivity contribution in [1.82, 2.24) is 10.7 Å². The van der Waals surface area contributed by atoms with E-state index in [-0.39, 0.29) is 28.9 Å². The summed E-state index contributed by atoms with van der Waals surface area (Å²) in [5, 5.41) is 6.69. The number of carbonyl (C=O) groups is 3. The number of hydrogen-bond donors (Lipinski definition) is 2. The molecule has 1 aliphatic rings. The molecular weight excluding hydrogens is 453 g/mol. The van der Waals surface area contributed by atoms with Gasteiger partial charge in [0.25, 0.3) is 5.91 Å². The van der Waals surface area contributed by atoms with E-state index in [4.69, 9.17) is 9.47 Å². The fraction of sp³-hybridized carbons (Fsp3) is 0.154.